The number of nitrogen functional groups attached to an aromatic ring is 1. The third-order valence-corrected chi connectivity index (χ3v) is 2.73. The highest BCUT2D eigenvalue weighted by molar-refractivity contribution is 5.79. The zero-order valence-corrected chi connectivity index (χ0v) is 9.91. The van der Waals surface area contributed by atoms with Crippen LogP contribution in [0.25, 0.3) is 0 Å². The second kappa shape index (κ2) is 4.75. The van der Waals surface area contributed by atoms with Crippen molar-refractivity contribution in [2.24, 2.45) is 0 Å². The molecule has 5 nitrogen and oxygen atoms in total. The number of rotatable bonds is 3. The molecule has 0 unspecified atom stereocenters. The van der Waals surface area contributed by atoms with Gasteiger partial charge in [0.2, 0.25) is 0 Å². The second-order valence-corrected chi connectivity index (χ2v) is 3.87. The van der Waals surface area contributed by atoms with Gasteiger partial charge in [0.25, 0.3) is 0 Å². The van der Waals surface area contributed by atoms with Gasteiger partial charge in [0.15, 0.2) is 0 Å². The summed E-state index contributed by atoms with van der Waals surface area (Å²) >= 11 is 0. The minimum atomic E-state index is -0.454. The van der Waals surface area contributed by atoms with E-state index in [1.807, 2.05) is 30.3 Å². The number of nitrogens with zero attached hydrogens (tertiary/aromatic N) is 2. The fraction of sp³-hybridized carbons (Fsp3) is 0.0769. The number of nitrogens with two attached hydrogens (primary N) is 1. The van der Waals surface area contributed by atoms with Crippen molar-refractivity contribution < 1.29 is 4.92 Å². The van der Waals surface area contributed by atoms with Crippen LogP contribution in [0.5, 0.6) is 0 Å². The third kappa shape index (κ3) is 2.10. The van der Waals surface area contributed by atoms with Crippen molar-refractivity contribution >= 4 is 22.7 Å². The van der Waals surface area contributed by atoms with Crippen molar-refractivity contribution in [2.45, 2.75) is 0 Å². The second-order valence-electron chi connectivity index (χ2n) is 3.87. The van der Waals surface area contributed by atoms with Crippen LogP contribution in [-0.4, -0.2) is 12.0 Å². The fourth-order valence-electron chi connectivity index (χ4n) is 1.81. The molecule has 0 amide bonds. The zero-order chi connectivity index (χ0) is 13.1. The van der Waals surface area contributed by atoms with Crippen LogP contribution in [0.4, 0.5) is 22.7 Å². The summed E-state index contributed by atoms with van der Waals surface area (Å²) in [5, 5.41) is 11.1. The van der Waals surface area contributed by atoms with Gasteiger partial charge in [-0.3, -0.25) is 10.1 Å². The van der Waals surface area contributed by atoms with Gasteiger partial charge in [-0.1, -0.05) is 24.3 Å². The summed E-state index contributed by atoms with van der Waals surface area (Å²) in [6.07, 6.45) is 0. The highest BCUT2D eigenvalue weighted by Crippen LogP contribution is 2.36. The Morgan fingerprint density at radius 2 is 1.78 bits per heavy atom. The first-order chi connectivity index (χ1) is 8.61. The van der Waals surface area contributed by atoms with Crippen LogP contribution in [0.15, 0.2) is 48.5 Å². The van der Waals surface area contributed by atoms with Gasteiger partial charge in [-0.05, 0) is 24.3 Å². The molecule has 0 saturated carbocycles. The lowest BCUT2D eigenvalue weighted by molar-refractivity contribution is -0.383. The van der Waals surface area contributed by atoms with Gasteiger partial charge in [-0.15, -0.1) is 0 Å². The molecule has 92 valence electrons. The van der Waals surface area contributed by atoms with E-state index in [9.17, 15) is 10.1 Å². The summed E-state index contributed by atoms with van der Waals surface area (Å²) in [6, 6.07) is 14.3. The normalized spacial score (nSPS) is 10.1. The van der Waals surface area contributed by atoms with E-state index in [0.717, 1.165) is 5.69 Å². The molecule has 0 saturated heterocycles. The molecule has 0 bridgehead atoms. The maximum Gasteiger partial charge on any atom is 0.315 e. The van der Waals surface area contributed by atoms with E-state index in [-0.39, 0.29) is 11.4 Å². The van der Waals surface area contributed by atoms with Gasteiger partial charge in [0, 0.05) is 12.7 Å². The first kappa shape index (κ1) is 11.9. The minimum Gasteiger partial charge on any atom is -0.393 e. The molecule has 0 fully saturated rings. The lowest BCUT2D eigenvalue weighted by atomic mass is 10.2. The van der Waals surface area contributed by atoms with Crippen molar-refractivity contribution in [3.8, 4) is 0 Å². The standard InChI is InChI=1S/C13H13N3O2/c1-15(10-6-3-2-4-7-10)12-9-5-8-11(14)13(12)16(17)18/h2-9H,14H2,1H3. The van der Waals surface area contributed by atoms with Crippen LogP contribution >= 0.6 is 0 Å². The van der Waals surface area contributed by atoms with Gasteiger partial charge in [-0.2, -0.15) is 0 Å². The predicted octanol–water partition coefficient (Wildman–Crippen LogP) is 2.94. The van der Waals surface area contributed by atoms with E-state index in [1.165, 1.54) is 6.07 Å². The SMILES string of the molecule is CN(c1ccccc1)c1cccc(N)c1[N+](=O)[O-]. The Labute approximate surface area is 105 Å². The summed E-state index contributed by atoms with van der Waals surface area (Å²) in [5.41, 5.74) is 7.12. The van der Waals surface area contributed by atoms with E-state index in [2.05, 4.69) is 0 Å². The van der Waals surface area contributed by atoms with E-state index in [1.54, 1.807) is 24.1 Å². The summed E-state index contributed by atoms with van der Waals surface area (Å²) in [6.45, 7) is 0. The van der Waals surface area contributed by atoms with Crippen molar-refractivity contribution in [3.05, 3.63) is 58.6 Å². The van der Waals surface area contributed by atoms with Gasteiger partial charge in [0.1, 0.15) is 11.4 Å². The molecule has 0 heterocycles. The molecule has 0 aliphatic carbocycles. The highest BCUT2D eigenvalue weighted by atomic mass is 16.6. The van der Waals surface area contributed by atoms with Crippen molar-refractivity contribution in [2.75, 3.05) is 17.7 Å². The summed E-state index contributed by atoms with van der Waals surface area (Å²) in [4.78, 5) is 12.4. The zero-order valence-electron chi connectivity index (χ0n) is 9.91. The van der Waals surface area contributed by atoms with Crippen LogP contribution in [0, 0.1) is 10.1 Å². The number of nitro groups is 1. The summed E-state index contributed by atoms with van der Waals surface area (Å²) in [5.74, 6) is 0. The minimum absolute atomic E-state index is 0.0659. The quantitative estimate of drug-likeness (QED) is 0.511. The highest BCUT2D eigenvalue weighted by Gasteiger charge is 2.21. The van der Waals surface area contributed by atoms with E-state index >= 15 is 0 Å². The molecule has 0 spiro atoms. The molecule has 2 aromatic carbocycles. The average Bonchev–Trinajstić information content (AvgIpc) is 2.38. The Bertz CT molecular complexity index is 570. The molecular formula is C13H13N3O2. The smallest absolute Gasteiger partial charge is 0.315 e. The summed E-state index contributed by atoms with van der Waals surface area (Å²) < 4.78 is 0. The van der Waals surface area contributed by atoms with Crippen LogP contribution in [-0.2, 0) is 0 Å². The molecule has 2 rings (SSSR count). The number of nitro benzene ring substituents is 1. The molecule has 0 radical (unpaired) electrons. The molecule has 2 aromatic rings. The summed E-state index contributed by atoms with van der Waals surface area (Å²) in [7, 11) is 1.77. The van der Waals surface area contributed by atoms with Crippen LogP contribution < -0.4 is 10.6 Å². The Kier molecular flexibility index (Phi) is 3.14. The van der Waals surface area contributed by atoms with Crippen LogP contribution in [0.2, 0.25) is 0 Å². The Morgan fingerprint density at radius 3 is 2.39 bits per heavy atom. The maximum atomic E-state index is 11.1. The fourth-order valence-corrected chi connectivity index (χ4v) is 1.81. The topological polar surface area (TPSA) is 72.4 Å². The maximum absolute atomic E-state index is 11.1. The monoisotopic (exact) mass is 243 g/mol. The number of benzene rings is 2. The molecule has 18 heavy (non-hydrogen) atoms. The van der Waals surface area contributed by atoms with Crippen molar-refractivity contribution in [1.82, 2.24) is 0 Å². The molecule has 5 heteroatoms. The molecule has 0 atom stereocenters. The first-order valence-corrected chi connectivity index (χ1v) is 5.43. The van der Waals surface area contributed by atoms with Gasteiger partial charge >= 0.3 is 5.69 Å². The predicted molar refractivity (Wildman–Crippen MR) is 72.0 cm³/mol. The van der Waals surface area contributed by atoms with Crippen LogP contribution in [0.1, 0.15) is 0 Å². The first-order valence-electron chi connectivity index (χ1n) is 5.43. The number of hydrogen-bond acceptors (Lipinski definition) is 4. The molecular weight excluding hydrogens is 230 g/mol. The lowest BCUT2D eigenvalue weighted by Gasteiger charge is -2.19. The van der Waals surface area contributed by atoms with Crippen molar-refractivity contribution in [1.29, 1.82) is 0 Å². The lowest BCUT2D eigenvalue weighted by Crippen LogP contribution is -2.12. The average molecular weight is 243 g/mol. The third-order valence-electron chi connectivity index (χ3n) is 2.73. The van der Waals surface area contributed by atoms with Crippen LogP contribution in [0.3, 0.4) is 0 Å². The largest absolute Gasteiger partial charge is 0.393 e. The van der Waals surface area contributed by atoms with Gasteiger partial charge in [0.05, 0.1) is 4.92 Å². The number of para-hydroxylation sites is 2. The van der Waals surface area contributed by atoms with E-state index in [0.29, 0.717) is 5.69 Å². The van der Waals surface area contributed by atoms with Gasteiger partial charge in [-0.25, -0.2) is 0 Å². The van der Waals surface area contributed by atoms with Gasteiger partial charge < -0.3 is 10.6 Å². The molecule has 2 N–H and O–H groups in total. The van der Waals surface area contributed by atoms with E-state index < -0.39 is 4.92 Å². The number of anilines is 3. The Balaban J connectivity index is 2.52. The van der Waals surface area contributed by atoms with E-state index in [4.69, 9.17) is 5.73 Å². The molecule has 0 aromatic heterocycles. The Hall–Kier alpha value is -2.56. The Morgan fingerprint density at radius 1 is 1.11 bits per heavy atom. The number of hydrogen-bond donors (Lipinski definition) is 1. The molecule has 0 aliphatic rings. The molecule has 0 aliphatic heterocycles. The van der Waals surface area contributed by atoms with Crippen molar-refractivity contribution in [3.63, 3.8) is 0 Å².